The van der Waals surface area contributed by atoms with E-state index in [9.17, 15) is 27.9 Å². The molecule has 9 heteroatoms. The molecule has 6 nitrogen and oxygen atoms in total. The van der Waals surface area contributed by atoms with Crippen molar-refractivity contribution in [1.82, 2.24) is 0 Å². The zero-order valence-electron chi connectivity index (χ0n) is 21.6. The fourth-order valence-corrected chi connectivity index (χ4v) is 4.75. The maximum atomic E-state index is 14.8. The molecule has 0 bridgehead atoms. The Kier molecular flexibility index (Phi) is 10.2. The number of alkyl halides is 2. The summed E-state index contributed by atoms with van der Waals surface area (Å²) >= 11 is 0. The third-order valence-corrected chi connectivity index (χ3v) is 7.31. The molecule has 0 aromatic heterocycles. The molecule has 3 aromatic carbocycles. The number of amides is 1. The van der Waals surface area contributed by atoms with Crippen molar-refractivity contribution < 1.29 is 32.7 Å². The standard InChI is InChI=1S/C29H34F2NO5P/c1-3-4-5-6-7-13-21-37-26-20-14-17-23(22-15-9-8-10-16-22)27(26)28(33)32(2)25-19-12-11-18-24(25)29(30,31)38(34,35)36/h8-12,14-20H,3-7,13,21H2,1-2H3,(H2,34,35,36). The number of para-hydroxylation sites is 1. The van der Waals surface area contributed by atoms with E-state index in [1.165, 1.54) is 31.7 Å². The van der Waals surface area contributed by atoms with E-state index in [2.05, 4.69) is 6.92 Å². The molecule has 0 saturated heterocycles. The molecule has 204 valence electrons. The van der Waals surface area contributed by atoms with E-state index < -0.39 is 24.7 Å². The Balaban J connectivity index is 1.99. The predicted molar refractivity (Wildman–Crippen MR) is 146 cm³/mol. The largest absolute Gasteiger partial charge is 0.493 e. The van der Waals surface area contributed by atoms with E-state index in [0.29, 0.717) is 17.9 Å². The van der Waals surface area contributed by atoms with Crippen LogP contribution in [0.25, 0.3) is 11.1 Å². The summed E-state index contributed by atoms with van der Waals surface area (Å²) < 4.78 is 47.2. The van der Waals surface area contributed by atoms with Crippen LogP contribution in [-0.4, -0.2) is 29.3 Å². The lowest BCUT2D eigenvalue weighted by atomic mass is 9.97. The minimum absolute atomic E-state index is 0.182. The van der Waals surface area contributed by atoms with Crippen LogP contribution in [0, 0.1) is 0 Å². The van der Waals surface area contributed by atoms with Crippen LogP contribution in [0.5, 0.6) is 5.75 Å². The van der Waals surface area contributed by atoms with Crippen LogP contribution in [0.15, 0.2) is 72.8 Å². The number of anilines is 1. The summed E-state index contributed by atoms with van der Waals surface area (Å²) in [4.78, 5) is 33.5. The van der Waals surface area contributed by atoms with E-state index in [0.717, 1.165) is 48.6 Å². The number of halogens is 2. The van der Waals surface area contributed by atoms with Gasteiger partial charge in [0.2, 0.25) is 0 Å². The first-order chi connectivity index (χ1) is 18.1. The second-order valence-corrected chi connectivity index (χ2v) is 10.8. The molecule has 38 heavy (non-hydrogen) atoms. The second-order valence-electron chi connectivity index (χ2n) is 9.13. The van der Waals surface area contributed by atoms with E-state index in [1.807, 2.05) is 30.3 Å². The quantitative estimate of drug-likeness (QED) is 0.171. The summed E-state index contributed by atoms with van der Waals surface area (Å²) in [5, 5.41) is 0. The maximum absolute atomic E-state index is 14.8. The Labute approximate surface area is 222 Å². The molecule has 1 amide bonds. The first kappa shape index (κ1) is 29.5. The molecule has 3 rings (SSSR count). The van der Waals surface area contributed by atoms with Crippen molar-refractivity contribution in [3.8, 4) is 16.9 Å². The molecular formula is C29H34F2NO5P. The van der Waals surface area contributed by atoms with Gasteiger partial charge in [0.25, 0.3) is 5.91 Å². The molecule has 0 spiro atoms. The summed E-state index contributed by atoms with van der Waals surface area (Å²) in [5.74, 6) is -0.327. The molecule has 0 aliphatic heterocycles. The normalized spacial score (nSPS) is 11.8. The molecule has 0 radical (unpaired) electrons. The van der Waals surface area contributed by atoms with Gasteiger partial charge < -0.3 is 19.4 Å². The predicted octanol–water partition coefficient (Wildman–Crippen LogP) is 7.60. The highest BCUT2D eigenvalue weighted by molar-refractivity contribution is 7.52. The molecule has 3 aromatic rings. The monoisotopic (exact) mass is 545 g/mol. The van der Waals surface area contributed by atoms with E-state index in [-0.39, 0.29) is 11.3 Å². The van der Waals surface area contributed by atoms with Gasteiger partial charge >= 0.3 is 13.3 Å². The van der Waals surface area contributed by atoms with E-state index in [1.54, 1.807) is 18.2 Å². The van der Waals surface area contributed by atoms with Crippen LogP contribution in [0.1, 0.15) is 61.4 Å². The van der Waals surface area contributed by atoms with Gasteiger partial charge in [-0.05, 0) is 29.7 Å². The smallest absolute Gasteiger partial charge is 0.399 e. The van der Waals surface area contributed by atoms with Crippen molar-refractivity contribution in [1.29, 1.82) is 0 Å². The van der Waals surface area contributed by atoms with Crippen molar-refractivity contribution in [2.75, 3.05) is 18.6 Å². The van der Waals surface area contributed by atoms with Gasteiger partial charge in [0.05, 0.1) is 23.4 Å². The third-order valence-electron chi connectivity index (χ3n) is 6.34. The zero-order chi connectivity index (χ0) is 27.8. The van der Waals surface area contributed by atoms with Gasteiger partial charge in [-0.2, -0.15) is 8.78 Å². The molecule has 0 aliphatic carbocycles. The number of benzene rings is 3. The van der Waals surface area contributed by atoms with Crippen molar-refractivity contribution in [2.45, 2.75) is 51.1 Å². The number of carbonyl (C=O) groups excluding carboxylic acids is 1. The number of hydrogen-bond donors (Lipinski definition) is 2. The lowest BCUT2D eigenvalue weighted by Gasteiger charge is -2.27. The molecule has 2 N–H and O–H groups in total. The molecule has 0 heterocycles. The second kappa shape index (κ2) is 13.1. The lowest BCUT2D eigenvalue weighted by molar-refractivity contribution is 0.0568. The summed E-state index contributed by atoms with van der Waals surface area (Å²) in [7, 11) is -4.55. The first-order valence-corrected chi connectivity index (χ1v) is 14.3. The number of nitrogens with zero attached hydrogens (tertiary/aromatic N) is 1. The van der Waals surface area contributed by atoms with Crippen LogP contribution in [-0.2, 0) is 10.2 Å². The fraction of sp³-hybridized carbons (Fsp3) is 0.345. The molecule has 0 unspecified atom stereocenters. The van der Waals surface area contributed by atoms with Crippen molar-refractivity contribution in [2.24, 2.45) is 0 Å². The van der Waals surface area contributed by atoms with Gasteiger partial charge in [-0.25, -0.2) is 0 Å². The summed E-state index contributed by atoms with van der Waals surface area (Å²) in [6.07, 6.45) is 6.40. The third kappa shape index (κ3) is 6.87. The van der Waals surface area contributed by atoms with Gasteiger partial charge in [0, 0.05) is 7.05 Å². The number of hydrogen-bond acceptors (Lipinski definition) is 3. The number of carbonyl (C=O) groups is 1. The topological polar surface area (TPSA) is 87.1 Å². The van der Waals surface area contributed by atoms with Crippen LogP contribution in [0.2, 0.25) is 0 Å². The molecular weight excluding hydrogens is 511 g/mol. The Hall–Kier alpha value is -3.06. The Morgan fingerprint density at radius 1 is 0.895 bits per heavy atom. The zero-order valence-corrected chi connectivity index (χ0v) is 22.5. The minimum atomic E-state index is -5.85. The van der Waals surface area contributed by atoms with Gasteiger partial charge in [-0.15, -0.1) is 0 Å². The van der Waals surface area contributed by atoms with Crippen LogP contribution < -0.4 is 9.64 Å². The summed E-state index contributed by atoms with van der Waals surface area (Å²) in [6, 6.07) is 19.2. The highest BCUT2D eigenvalue weighted by Gasteiger charge is 2.52. The highest BCUT2D eigenvalue weighted by Crippen LogP contribution is 2.60. The number of rotatable bonds is 13. The molecule has 0 saturated carbocycles. The van der Waals surface area contributed by atoms with Crippen molar-refractivity contribution >= 4 is 19.2 Å². The fourth-order valence-electron chi connectivity index (χ4n) is 4.25. The summed E-state index contributed by atoms with van der Waals surface area (Å²) in [6.45, 7) is 2.55. The van der Waals surface area contributed by atoms with Crippen molar-refractivity contribution in [3.63, 3.8) is 0 Å². The van der Waals surface area contributed by atoms with Gasteiger partial charge in [-0.3, -0.25) is 9.36 Å². The molecule has 0 fully saturated rings. The van der Waals surface area contributed by atoms with Crippen molar-refractivity contribution in [3.05, 3.63) is 83.9 Å². The number of ether oxygens (including phenoxy) is 1. The van der Waals surface area contributed by atoms with Crippen LogP contribution in [0.3, 0.4) is 0 Å². The van der Waals surface area contributed by atoms with Crippen LogP contribution in [0.4, 0.5) is 14.5 Å². The minimum Gasteiger partial charge on any atom is -0.493 e. The van der Waals surface area contributed by atoms with Gasteiger partial charge in [-0.1, -0.05) is 99.7 Å². The van der Waals surface area contributed by atoms with E-state index in [4.69, 9.17) is 4.74 Å². The van der Waals surface area contributed by atoms with Crippen LogP contribution >= 0.6 is 7.60 Å². The summed E-state index contributed by atoms with van der Waals surface area (Å²) in [5.41, 5.74) is -4.24. The highest BCUT2D eigenvalue weighted by atomic mass is 31.2. The van der Waals surface area contributed by atoms with Gasteiger partial charge in [0.15, 0.2) is 0 Å². The Bertz CT molecular complexity index is 1260. The number of unbranched alkanes of at least 4 members (excludes halogenated alkanes) is 5. The first-order valence-electron chi connectivity index (χ1n) is 12.7. The average Bonchev–Trinajstić information content (AvgIpc) is 2.91. The van der Waals surface area contributed by atoms with Gasteiger partial charge in [0.1, 0.15) is 5.75 Å². The Morgan fingerprint density at radius 2 is 1.53 bits per heavy atom. The Morgan fingerprint density at radius 3 is 2.21 bits per heavy atom. The average molecular weight is 546 g/mol. The molecule has 0 atom stereocenters. The SMILES string of the molecule is CCCCCCCCOc1cccc(-c2ccccc2)c1C(=O)N(C)c1ccccc1C(F)(F)P(=O)(O)O. The van der Waals surface area contributed by atoms with E-state index >= 15 is 0 Å². The lowest BCUT2D eigenvalue weighted by Crippen LogP contribution is -2.30. The maximum Gasteiger partial charge on any atom is 0.399 e. The molecule has 0 aliphatic rings.